The Kier molecular flexibility index (Phi) is 2.94. The Labute approximate surface area is 69.6 Å². The third-order valence-corrected chi connectivity index (χ3v) is 1.35. The molecule has 0 saturated heterocycles. The molecule has 0 saturated carbocycles. The van der Waals surface area contributed by atoms with Gasteiger partial charge in [-0.3, -0.25) is 0 Å². The first-order valence-electron chi connectivity index (χ1n) is 3.23. The molecule has 0 bridgehead atoms. The van der Waals surface area contributed by atoms with Crippen molar-refractivity contribution in [1.82, 2.24) is 4.98 Å². The molecule has 0 radical (unpaired) electrons. The number of nitrogens with zero attached hydrogens (tertiary/aromatic N) is 2. The molecule has 0 N–H and O–H groups in total. The van der Waals surface area contributed by atoms with Gasteiger partial charge in [0.05, 0.1) is 18.7 Å². The number of hydrogen-bond acceptors (Lipinski definition) is 3. The largest absolute Gasteiger partial charge is 0.445 e. The summed E-state index contributed by atoms with van der Waals surface area (Å²) >= 11 is 5.46. The van der Waals surface area contributed by atoms with Crippen LogP contribution >= 0.6 is 11.6 Å². The van der Waals surface area contributed by atoms with Gasteiger partial charge in [-0.1, -0.05) is 0 Å². The lowest BCUT2D eigenvalue weighted by Crippen LogP contribution is -1.83. The summed E-state index contributed by atoms with van der Waals surface area (Å²) in [6.45, 7) is 0. The second-order valence-corrected chi connectivity index (χ2v) is 2.37. The third-order valence-electron chi connectivity index (χ3n) is 1.16. The Morgan fingerprint density at radius 3 is 3.18 bits per heavy atom. The van der Waals surface area contributed by atoms with Crippen molar-refractivity contribution in [2.75, 3.05) is 5.88 Å². The molecule has 11 heavy (non-hydrogen) atoms. The van der Waals surface area contributed by atoms with E-state index in [1.807, 2.05) is 6.07 Å². The van der Waals surface area contributed by atoms with Crippen molar-refractivity contribution in [2.45, 2.75) is 12.8 Å². The topological polar surface area (TPSA) is 49.8 Å². The van der Waals surface area contributed by atoms with Gasteiger partial charge in [0.1, 0.15) is 5.76 Å². The zero-order chi connectivity index (χ0) is 8.10. The fraction of sp³-hybridized carbons (Fsp3) is 0.429. The molecule has 0 aliphatic rings. The highest BCUT2D eigenvalue weighted by molar-refractivity contribution is 6.17. The van der Waals surface area contributed by atoms with Crippen molar-refractivity contribution in [1.29, 1.82) is 5.26 Å². The third kappa shape index (κ3) is 2.24. The Bertz CT molecular complexity index is 264. The van der Waals surface area contributed by atoms with Crippen molar-refractivity contribution in [3.63, 3.8) is 0 Å². The maximum absolute atomic E-state index is 8.30. The second kappa shape index (κ2) is 3.99. The van der Waals surface area contributed by atoms with Crippen molar-refractivity contribution in [3.05, 3.63) is 17.8 Å². The lowest BCUT2D eigenvalue weighted by Gasteiger charge is -1.86. The summed E-state index contributed by atoms with van der Waals surface area (Å²) in [4.78, 5) is 3.92. The highest BCUT2D eigenvalue weighted by Crippen LogP contribution is 2.04. The van der Waals surface area contributed by atoms with Crippen LogP contribution in [0.25, 0.3) is 0 Å². The van der Waals surface area contributed by atoms with E-state index in [0.29, 0.717) is 24.0 Å². The summed E-state index contributed by atoms with van der Waals surface area (Å²) in [6.07, 6.45) is 2.45. The predicted octanol–water partition coefficient (Wildman–Crippen LogP) is 1.52. The molecule has 0 fully saturated rings. The van der Waals surface area contributed by atoms with Gasteiger partial charge in [0.2, 0.25) is 0 Å². The van der Waals surface area contributed by atoms with Gasteiger partial charge in [0.25, 0.3) is 0 Å². The quantitative estimate of drug-likeness (QED) is 0.647. The minimum atomic E-state index is 0.273. The molecule has 1 aromatic rings. The maximum Gasteiger partial charge on any atom is 0.195 e. The first-order chi connectivity index (χ1) is 5.36. The monoisotopic (exact) mass is 170 g/mol. The van der Waals surface area contributed by atoms with E-state index < -0.39 is 0 Å². The number of halogens is 1. The molecule has 1 rings (SSSR count). The summed E-state index contributed by atoms with van der Waals surface area (Å²) in [5, 5.41) is 8.30. The van der Waals surface area contributed by atoms with Gasteiger partial charge in [-0.15, -0.1) is 11.6 Å². The van der Waals surface area contributed by atoms with Crippen molar-refractivity contribution in [3.8, 4) is 6.07 Å². The molecule has 0 amide bonds. The van der Waals surface area contributed by atoms with Gasteiger partial charge < -0.3 is 4.42 Å². The van der Waals surface area contributed by atoms with Gasteiger partial charge in [0, 0.05) is 12.3 Å². The lowest BCUT2D eigenvalue weighted by molar-refractivity contribution is 0.470. The molecule has 58 valence electrons. The fourth-order valence-electron chi connectivity index (χ4n) is 0.704. The van der Waals surface area contributed by atoms with Crippen LogP contribution < -0.4 is 0 Å². The zero-order valence-corrected chi connectivity index (χ0v) is 6.64. The number of nitriles is 1. The number of aromatic nitrogens is 1. The SMILES string of the molecule is N#CCc1cnc(CCCl)o1. The second-order valence-electron chi connectivity index (χ2n) is 1.99. The molecule has 0 aromatic carbocycles. The summed E-state index contributed by atoms with van der Waals surface area (Å²) in [5.41, 5.74) is 0. The molecule has 0 unspecified atom stereocenters. The van der Waals surface area contributed by atoms with Crippen LogP contribution in [0.5, 0.6) is 0 Å². The minimum Gasteiger partial charge on any atom is -0.445 e. The average Bonchev–Trinajstić information content (AvgIpc) is 2.38. The molecule has 1 aromatic heterocycles. The number of oxazole rings is 1. The van der Waals surface area contributed by atoms with Crippen LogP contribution in [0.2, 0.25) is 0 Å². The fourth-order valence-corrected chi connectivity index (χ4v) is 0.866. The molecule has 0 atom stereocenters. The first kappa shape index (κ1) is 8.09. The average molecular weight is 171 g/mol. The minimum absolute atomic E-state index is 0.273. The smallest absolute Gasteiger partial charge is 0.195 e. The van der Waals surface area contributed by atoms with Crippen molar-refractivity contribution >= 4 is 11.6 Å². The van der Waals surface area contributed by atoms with Crippen LogP contribution in [0, 0.1) is 11.3 Å². The van der Waals surface area contributed by atoms with E-state index in [1.165, 1.54) is 0 Å². The Morgan fingerprint density at radius 2 is 2.55 bits per heavy atom. The van der Waals surface area contributed by atoms with Gasteiger partial charge in [-0.05, 0) is 0 Å². The molecular formula is C7H7ClN2O. The van der Waals surface area contributed by atoms with E-state index in [1.54, 1.807) is 6.20 Å². The van der Waals surface area contributed by atoms with E-state index in [0.717, 1.165) is 0 Å². The summed E-state index contributed by atoms with van der Waals surface area (Å²) in [6, 6.07) is 1.97. The number of aryl methyl sites for hydroxylation is 1. The summed E-state index contributed by atoms with van der Waals surface area (Å²) in [7, 11) is 0. The van der Waals surface area contributed by atoms with Crippen LogP contribution in [-0.2, 0) is 12.8 Å². The predicted molar refractivity (Wildman–Crippen MR) is 40.2 cm³/mol. The Hall–Kier alpha value is -1.01. The van der Waals surface area contributed by atoms with Gasteiger partial charge >= 0.3 is 0 Å². The van der Waals surface area contributed by atoms with Gasteiger partial charge in [0.15, 0.2) is 5.89 Å². The number of rotatable bonds is 3. The Balaban J connectivity index is 2.60. The molecule has 3 nitrogen and oxygen atoms in total. The molecule has 0 aliphatic heterocycles. The maximum atomic E-state index is 8.30. The summed E-state index contributed by atoms with van der Waals surface area (Å²) in [5.74, 6) is 1.70. The highest BCUT2D eigenvalue weighted by Gasteiger charge is 2.01. The number of alkyl halides is 1. The molecule has 4 heteroatoms. The normalized spacial score (nSPS) is 9.45. The van der Waals surface area contributed by atoms with Crippen LogP contribution in [0.15, 0.2) is 10.6 Å². The summed E-state index contributed by atoms with van der Waals surface area (Å²) < 4.78 is 5.15. The van der Waals surface area contributed by atoms with Gasteiger partial charge in [-0.25, -0.2) is 4.98 Å². The van der Waals surface area contributed by atoms with Crippen molar-refractivity contribution < 1.29 is 4.42 Å². The lowest BCUT2D eigenvalue weighted by atomic mass is 10.4. The number of hydrogen-bond donors (Lipinski definition) is 0. The highest BCUT2D eigenvalue weighted by atomic mass is 35.5. The Morgan fingerprint density at radius 1 is 1.73 bits per heavy atom. The molecule has 0 spiro atoms. The van der Waals surface area contributed by atoms with Crippen LogP contribution in [0.4, 0.5) is 0 Å². The van der Waals surface area contributed by atoms with Crippen LogP contribution in [-0.4, -0.2) is 10.9 Å². The van der Waals surface area contributed by atoms with Crippen molar-refractivity contribution in [2.24, 2.45) is 0 Å². The zero-order valence-electron chi connectivity index (χ0n) is 5.88. The van der Waals surface area contributed by atoms with Crippen LogP contribution in [0.3, 0.4) is 0 Å². The molecule has 1 heterocycles. The molecule has 0 aliphatic carbocycles. The standard InChI is InChI=1S/C7H7ClN2O/c8-3-1-7-10-5-6(11-7)2-4-9/h5H,1-3H2. The van der Waals surface area contributed by atoms with E-state index in [9.17, 15) is 0 Å². The first-order valence-corrected chi connectivity index (χ1v) is 3.76. The van der Waals surface area contributed by atoms with Crippen LogP contribution in [0.1, 0.15) is 11.7 Å². The van der Waals surface area contributed by atoms with E-state index in [4.69, 9.17) is 21.3 Å². The van der Waals surface area contributed by atoms with E-state index >= 15 is 0 Å². The van der Waals surface area contributed by atoms with Gasteiger partial charge in [-0.2, -0.15) is 5.26 Å². The molecular weight excluding hydrogens is 164 g/mol. The van der Waals surface area contributed by atoms with E-state index in [2.05, 4.69) is 4.98 Å². The van der Waals surface area contributed by atoms with E-state index in [-0.39, 0.29) is 6.42 Å².